The minimum atomic E-state index is -0.104. The first-order valence-corrected chi connectivity index (χ1v) is 9.95. The number of rotatable bonds is 3. The molecule has 0 aromatic heterocycles. The van der Waals surface area contributed by atoms with Gasteiger partial charge < -0.3 is 0 Å². The standard InChI is InChI=1S/C25H27F/c1-3-18-6-10-19(11-7-18)21-12-14-24-22(16-21)13-15-23(25(24)26)20-8-4-17(2)5-9-20/h4-5,8-9,12-16,18-19H,3,6-7,10-11H2,1-2H3/t18-,19-. The molecular weight excluding hydrogens is 319 g/mol. The van der Waals surface area contributed by atoms with Gasteiger partial charge in [-0.25, -0.2) is 4.39 Å². The molecule has 1 fully saturated rings. The van der Waals surface area contributed by atoms with Crippen LogP contribution in [-0.2, 0) is 0 Å². The second-order valence-corrected chi connectivity index (χ2v) is 7.90. The van der Waals surface area contributed by atoms with Gasteiger partial charge in [0, 0.05) is 10.9 Å². The molecule has 134 valence electrons. The largest absolute Gasteiger partial charge is 0.206 e. The van der Waals surface area contributed by atoms with E-state index < -0.39 is 0 Å². The van der Waals surface area contributed by atoms with E-state index in [1.54, 1.807) is 0 Å². The Morgan fingerprint density at radius 1 is 0.885 bits per heavy atom. The third-order valence-corrected chi connectivity index (χ3v) is 6.24. The molecule has 0 atom stereocenters. The molecule has 1 aliphatic carbocycles. The Labute approximate surface area is 156 Å². The fraction of sp³-hybridized carbons (Fsp3) is 0.360. The van der Waals surface area contributed by atoms with Crippen molar-refractivity contribution in [3.8, 4) is 11.1 Å². The predicted octanol–water partition coefficient (Wildman–Crippen LogP) is 7.64. The Morgan fingerprint density at radius 2 is 1.62 bits per heavy atom. The van der Waals surface area contributed by atoms with Gasteiger partial charge >= 0.3 is 0 Å². The van der Waals surface area contributed by atoms with Crippen LogP contribution in [0, 0.1) is 18.7 Å². The van der Waals surface area contributed by atoms with Crippen LogP contribution in [0.1, 0.15) is 56.1 Å². The van der Waals surface area contributed by atoms with Gasteiger partial charge in [0.25, 0.3) is 0 Å². The molecular formula is C25H27F. The van der Waals surface area contributed by atoms with Gasteiger partial charge in [-0.3, -0.25) is 0 Å². The fourth-order valence-corrected chi connectivity index (χ4v) is 4.42. The van der Waals surface area contributed by atoms with Gasteiger partial charge in [0.2, 0.25) is 0 Å². The molecule has 3 aromatic carbocycles. The van der Waals surface area contributed by atoms with Crippen LogP contribution in [0.5, 0.6) is 0 Å². The average molecular weight is 346 g/mol. The van der Waals surface area contributed by atoms with E-state index in [1.165, 1.54) is 43.2 Å². The Morgan fingerprint density at radius 3 is 2.31 bits per heavy atom. The van der Waals surface area contributed by atoms with Gasteiger partial charge in [0.05, 0.1) is 0 Å². The summed E-state index contributed by atoms with van der Waals surface area (Å²) in [6, 6.07) is 18.4. The Hall–Kier alpha value is -2.15. The quantitative estimate of drug-likeness (QED) is 0.457. The van der Waals surface area contributed by atoms with Crippen LogP contribution in [-0.4, -0.2) is 0 Å². The Balaban J connectivity index is 1.66. The highest BCUT2D eigenvalue weighted by Gasteiger charge is 2.21. The number of benzene rings is 3. The molecule has 0 bridgehead atoms. The molecule has 0 saturated heterocycles. The van der Waals surface area contributed by atoms with Crippen molar-refractivity contribution in [3.63, 3.8) is 0 Å². The molecule has 1 aliphatic rings. The predicted molar refractivity (Wildman–Crippen MR) is 109 cm³/mol. The maximum absolute atomic E-state index is 15.1. The van der Waals surface area contributed by atoms with Crippen LogP contribution in [0.2, 0.25) is 0 Å². The van der Waals surface area contributed by atoms with Crippen LogP contribution in [0.25, 0.3) is 21.9 Å². The summed E-state index contributed by atoms with van der Waals surface area (Å²) in [5.74, 6) is 1.44. The highest BCUT2D eigenvalue weighted by molar-refractivity contribution is 5.88. The highest BCUT2D eigenvalue weighted by Crippen LogP contribution is 2.38. The van der Waals surface area contributed by atoms with Crippen LogP contribution < -0.4 is 0 Å². The first kappa shape index (κ1) is 17.3. The summed E-state index contributed by atoms with van der Waals surface area (Å²) < 4.78 is 15.1. The fourth-order valence-electron chi connectivity index (χ4n) is 4.42. The maximum Gasteiger partial charge on any atom is 0.138 e. The van der Waals surface area contributed by atoms with Gasteiger partial charge in [0.1, 0.15) is 5.82 Å². The number of halogens is 1. The van der Waals surface area contributed by atoms with Crippen LogP contribution in [0.15, 0.2) is 54.6 Å². The number of aryl methyl sites for hydroxylation is 1. The molecule has 0 unspecified atom stereocenters. The summed E-state index contributed by atoms with van der Waals surface area (Å²) in [5, 5.41) is 1.75. The minimum Gasteiger partial charge on any atom is -0.206 e. The van der Waals surface area contributed by atoms with Crippen molar-refractivity contribution in [2.45, 2.75) is 51.9 Å². The van der Waals surface area contributed by atoms with Crippen molar-refractivity contribution >= 4 is 10.8 Å². The van der Waals surface area contributed by atoms with Gasteiger partial charge in [-0.05, 0) is 61.0 Å². The SMILES string of the molecule is CC[C@H]1CC[C@H](c2ccc3c(F)c(-c4ccc(C)cc4)ccc3c2)CC1. The second-order valence-electron chi connectivity index (χ2n) is 7.90. The van der Waals surface area contributed by atoms with Gasteiger partial charge in [-0.15, -0.1) is 0 Å². The van der Waals surface area contributed by atoms with E-state index in [0.717, 1.165) is 22.3 Å². The molecule has 3 aromatic rings. The second kappa shape index (κ2) is 7.23. The Bertz CT molecular complexity index is 899. The van der Waals surface area contributed by atoms with E-state index in [0.29, 0.717) is 11.5 Å². The smallest absolute Gasteiger partial charge is 0.138 e. The van der Waals surface area contributed by atoms with E-state index in [4.69, 9.17) is 0 Å². The number of hydrogen-bond donors (Lipinski definition) is 0. The molecule has 1 heteroatoms. The molecule has 0 aliphatic heterocycles. The normalized spacial score (nSPS) is 20.4. The summed E-state index contributed by atoms with van der Waals surface area (Å²) in [4.78, 5) is 0. The van der Waals surface area contributed by atoms with Crippen molar-refractivity contribution in [2.75, 3.05) is 0 Å². The van der Waals surface area contributed by atoms with Crippen molar-refractivity contribution in [3.05, 3.63) is 71.5 Å². The number of hydrogen-bond acceptors (Lipinski definition) is 0. The highest BCUT2D eigenvalue weighted by atomic mass is 19.1. The summed E-state index contributed by atoms with van der Waals surface area (Å²) in [6.07, 6.45) is 6.51. The summed E-state index contributed by atoms with van der Waals surface area (Å²) >= 11 is 0. The minimum absolute atomic E-state index is 0.104. The van der Waals surface area contributed by atoms with E-state index in [9.17, 15) is 0 Å². The monoisotopic (exact) mass is 346 g/mol. The molecule has 0 radical (unpaired) electrons. The summed E-state index contributed by atoms with van der Waals surface area (Å²) in [5.41, 5.74) is 4.21. The molecule has 1 saturated carbocycles. The van der Waals surface area contributed by atoms with Crippen LogP contribution in [0.3, 0.4) is 0 Å². The molecule has 0 spiro atoms. The average Bonchev–Trinajstić information content (AvgIpc) is 2.69. The van der Waals surface area contributed by atoms with Gasteiger partial charge in [-0.2, -0.15) is 0 Å². The van der Waals surface area contributed by atoms with Gasteiger partial charge in [0.15, 0.2) is 0 Å². The van der Waals surface area contributed by atoms with E-state index in [-0.39, 0.29) is 5.82 Å². The zero-order chi connectivity index (χ0) is 18.1. The molecule has 26 heavy (non-hydrogen) atoms. The molecule has 4 rings (SSSR count). The lowest BCUT2D eigenvalue weighted by molar-refractivity contribution is 0.319. The first-order chi connectivity index (χ1) is 12.7. The third kappa shape index (κ3) is 3.28. The lowest BCUT2D eigenvalue weighted by atomic mass is 9.77. The van der Waals surface area contributed by atoms with Gasteiger partial charge in [-0.1, -0.05) is 73.5 Å². The number of fused-ring (bicyclic) bond motifs is 1. The first-order valence-electron chi connectivity index (χ1n) is 9.95. The lowest BCUT2D eigenvalue weighted by Gasteiger charge is -2.28. The van der Waals surface area contributed by atoms with Crippen molar-refractivity contribution in [1.82, 2.24) is 0 Å². The van der Waals surface area contributed by atoms with E-state index in [1.807, 2.05) is 36.4 Å². The van der Waals surface area contributed by atoms with Crippen molar-refractivity contribution in [2.24, 2.45) is 5.92 Å². The lowest BCUT2D eigenvalue weighted by Crippen LogP contribution is -2.12. The zero-order valence-electron chi connectivity index (χ0n) is 15.8. The topological polar surface area (TPSA) is 0 Å². The van der Waals surface area contributed by atoms with Crippen LogP contribution >= 0.6 is 0 Å². The summed E-state index contributed by atoms with van der Waals surface area (Å²) in [7, 11) is 0. The molecule has 0 heterocycles. The Kier molecular flexibility index (Phi) is 4.80. The maximum atomic E-state index is 15.1. The van der Waals surface area contributed by atoms with Crippen LogP contribution in [0.4, 0.5) is 4.39 Å². The zero-order valence-corrected chi connectivity index (χ0v) is 15.8. The van der Waals surface area contributed by atoms with E-state index >= 15 is 4.39 Å². The molecule has 0 nitrogen and oxygen atoms in total. The van der Waals surface area contributed by atoms with Crippen molar-refractivity contribution < 1.29 is 4.39 Å². The third-order valence-electron chi connectivity index (χ3n) is 6.24. The summed E-state index contributed by atoms with van der Waals surface area (Å²) in [6.45, 7) is 4.35. The molecule has 0 amide bonds. The molecule has 0 N–H and O–H groups in total. The van der Waals surface area contributed by atoms with Crippen molar-refractivity contribution in [1.29, 1.82) is 0 Å². The van der Waals surface area contributed by atoms with E-state index in [2.05, 4.69) is 32.0 Å².